The molecule has 3 aliphatic carbocycles. The molecular weight excluding hydrogens is 735 g/mol. The molecule has 10 aromatic rings. The highest BCUT2D eigenvalue weighted by atomic mass is 15.1. The van der Waals surface area contributed by atoms with Gasteiger partial charge < -0.3 is 4.90 Å². The molecule has 61 heavy (non-hydrogen) atoms. The number of anilines is 3. The highest BCUT2D eigenvalue weighted by Gasteiger charge is 2.51. The third-order valence-corrected chi connectivity index (χ3v) is 14.3. The Labute approximate surface area is 356 Å². The fourth-order valence-electron chi connectivity index (χ4n) is 11.5. The predicted molar refractivity (Wildman–Crippen MR) is 255 cm³/mol. The van der Waals surface area contributed by atoms with Crippen molar-refractivity contribution in [3.8, 4) is 44.5 Å². The fraction of sp³-hybridized carbons (Fsp3) is 0.0667. The molecule has 10 aromatic carbocycles. The molecule has 0 atom stereocenters. The molecule has 0 unspecified atom stereocenters. The van der Waals surface area contributed by atoms with Crippen LogP contribution in [0.4, 0.5) is 17.1 Å². The van der Waals surface area contributed by atoms with Gasteiger partial charge in [0.25, 0.3) is 0 Å². The van der Waals surface area contributed by atoms with Crippen LogP contribution in [0.3, 0.4) is 0 Å². The SMILES string of the molecule is CC1(C)c2ccccc2-c2ccc(N(c3ccc(-c4ccc5c(ccc6ccccc65)c4)cc3)c3ccc4c(c3)-c3ccccc3C43c4ccccc4-c4ccccc43)cc21. The fourth-order valence-corrected chi connectivity index (χ4v) is 11.5. The topological polar surface area (TPSA) is 3.24 Å². The Morgan fingerprint density at radius 1 is 0.295 bits per heavy atom. The van der Waals surface area contributed by atoms with E-state index >= 15 is 0 Å². The van der Waals surface area contributed by atoms with Crippen LogP contribution in [0.1, 0.15) is 47.2 Å². The first kappa shape index (κ1) is 34.4. The number of fused-ring (bicyclic) bond motifs is 16. The van der Waals surface area contributed by atoms with Crippen LogP contribution in [0.2, 0.25) is 0 Å². The summed E-state index contributed by atoms with van der Waals surface area (Å²) in [5, 5.41) is 5.11. The van der Waals surface area contributed by atoms with Gasteiger partial charge in [0.2, 0.25) is 0 Å². The molecule has 0 fully saturated rings. The van der Waals surface area contributed by atoms with Gasteiger partial charge in [-0.15, -0.1) is 0 Å². The third-order valence-electron chi connectivity index (χ3n) is 14.3. The van der Waals surface area contributed by atoms with Crippen molar-refractivity contribution in [1.82, 2.24) is 0 Å². The van der Waals surface area contributed by atoms with E-state index in [1.807, 2.05) is 0 Å². The van der Waals surface area contributed by atoms with Gasteiger partial charge >= 0.3 is 0 Å². The van der Waals surface area contributed by atoms with Crippen molar-refractivity contribution in [2.45, 2.75) is 24.7 Å². The monoisotopic (exact) mass is 775 g/mol. The van der Waals surface area contributed by atoms with Crippen molar-refractivity contribution < 1.29 is 0 Å². The second-order valence-corrected chi connectivity index (χ2v) is 17.6. The molecule has 0 aromatic heterocycles. The average Bonchev–Trinajstić information content (AvgIpc) is 3.87. The normalized spacial score (nSPS) is 14.3. The molecule has 0 N–H and O–H groups in total. The summed E-state index contributed by atoms with van der Waals surface area (Å²) in [5.41, 5.74) is 21.4. The smallest absolute Gasteiger partial charge is 0.0725 e. The summed E-state index contributed by atoms with van der Waals surface area (Å²) < 4.78 is 0. The van der Waals surface area contributed by atoms with Crippen LogP contribution < -0.4 is 4.90 Å². The molecule has 0 aliphatic heterocycles. The lowest BCUT2D eigenvalue weighted by atomic mass is 9.70. The van der Waals surface area contributed by atoms with Crippen molar-refractivity contribution in [2.24, 2.45) is 0 Å². The van der Waals surface area contributed by atoms with Gasteiger partial charge in [-0.1, -0.05) is 184 Å². The van der Waals surface area contributed by atoms with Crippen molar-refractivity contribution in [3.05, 3.63) is 246 Å². The van der Waals surface area contributed by atoms with Crippen LogP contribution in [0.15, 0.2) is 212 Å². The van der Waals surface area contributed by atoms with Gasteiger partial charge in [0.15, 0.2) is 0 Å². The van der Waals surface area contributed by atoms with Crippen molar-refractivity contribution >= 4 is 38.6 Å². The summed E-state index contributed by atoms with van der Waals surface area (Å²) in [5.74, 6) is 0. The van der Waals surface area contributed by atoms with Crippen LogP contribution in [0.25, 0.3) is 66.1 Å². The highest BCUT2D eigenvalue weighted by Crippen LogP contribution is 2.63. The molecular formula is C60H41N. The van der Waals surface area contributed by atoms with Crippen molar-refractivity contribution in [3.63, 3.8) is 0 Å². The summed E-state index contributed by atoms with van der Waals surface area (Å²) in [7, 11) is 0. The van der Waals surface area contributed by atoms with Crippen LogP contribution in [-0.2, 0) is 10.8 Å². The van der Waals surface area contributed by atoms with Gasteiger partial charge in [0, 0.05) is 22.5 Å². The van der Waals surface area contributed by atoms with Gasteiger partial charge in [-0.2, -0.15) is 0 Å². The second-order valence-electron chi connectivity index (χ2n) is 17.6. The standard InChI is InChI=1S/C60H41N/c1-59(2)53-19-9-5-15-47(53)51-33-30-44(37-58(51)59)61(42-28-25-38(26-29-42)40-27-32-46-41(35-40)24-23-39-13-3-4-14-45(39)46)43-31-34-57-52(36-43)50-18-8-12-22-56(50)60(57)54-20-10-6-16-48(54)49-17-7-11-21-55(49)60/h3-37H,1-2H3. The van der Waals surface area contributed by atoms with Gasteiger partial charge in [-0.3, -0.25) is 0 Å². The number of benzene rings is 10. The summed E-state index contributed by atoms with van der Waals surface area (Å²) in [6.07, 6.45) is 0. The first-order valence-electron chi connectivity index (χ1n) is 21.5. The Morgan fingerprint density at radius 2 is 0.770 bits per heavy atom. The minimum atomic E-state index is -0.375. The van der Waals surface area contributed by atoms with E-state index in [-0.39, 0.29) is 10.8 Å². The highest BCUT2D eigenvalue weighted by molar-refractivity contribution is 6.08. The van der Waals surface area contributed by atoms with E-state index in [2.05, 4.69) is 231 Å². The van der Waals surface area contributed by atoms with E-state index in [1.165, 1.54) is 99.4 Å². The first-order valence-corrected chi connectivity index (χ1v) is 21.5. The summed E-state index contributed by atoms with van der Waals surface area (Å²) in [4.78, 5) is 2.47. The second kappa shape index (κ2) is 12.5. The zero-order valence-corrected chi connectivity index (χ0v) is 34.2. The van der Waals surface area contributed by atoms with Gasteiger partial charge in [0.1, 0.15) is 0 Å². The molecule has 286 valence electrons. The zero-order chi connectivity index (χ0) is 40.5. The van der Waals surface area contributed by atoms with E-state index in [9.17, 15) is 0 Å². The summed E-state index contributed by atoms with van der Waals surface area (Å²) >= 11 is 0. The third kappa shape index (κ3) is 4.66. The quantitative estimate of drug-likeness (QED) is 0.161. The zero-order valence-electron chi connectivity index (χ0n) is 34.2. The van der Waals surface area contributed by atoms with Crippen LogP contribution >= 0.6 is 0 Å². The van der Waals surface area contributed by atoms with E-state index in [0.717, 1.165) is 17.1 Å². The molecule has 13 rings (SSSR count). The number of hydrogen-bond donors (Lipinski definition) is 0. The Morgan fingerprint density at radius 3 is 1.48 bits per heavy atom. The first-order chi connectivity index (χ1) is 30.0. The van der Waals surface area contributed by atoms with E-state index in [4.69, 9.17) is 0 Å². The maximum Gasteiger partial charge on any atom is 0.0725 e. The lowest BCUT2D eigenvalue weighted by Gasteiger charge is -2.31. The largest absolute Gasteiger partial charge is 0.310 e. The van der Waals surface area contributed by atoms with Crippen molar-refractivity contribution in [1.29, 1.82) is 0 Å². The maximum atomic E-state index is 2.47. The summed E-state index contributed by atoms with van der Waals surface area (Å²) in [6, 6.07) is 79.7. The van der Waals surface area contributed by atoms with Crippen LogP contribution in [-0.4, -0.2) is 0 Å². The molecule has 1 nitrogen and oxygen atoms in total. The minimum Gasteiger partial charge on any atom is -0.310 e. The molecule has 0 amide bonds. The number of hydrogen-bond acceptors (Lipinski definition) is 1. The van der Waals surface area contributed by atoms with Gasteiger partial charge in [-0.25, -0.2) is 0 Å². The molecule has 3 aliphatic rings. The lowest BCUT2D eigenvalue weighted by Crippen LogP contribution is -2.25. The van der Waals surface area contributed by atoms with E-state index < -0.39 is 0 Å². The summed E-state index contributed by atoms with van der Waals surface area (Å²) in [6.45, 7) is 4.74. The van der Waals surface area contributed by atoms with Crippen molar-refractivity contribution in [2.75, 3.05) is 4.90 Å². The van der Waals surface area contributed by atoms with E-state index in [1.54, 1.807) is 0 Å². The molecule has 0 saturated carbocycles. The lowest BCUT2D eigenvalue weighted by molar-refractivity contribution is 0.660. The van der Waals surface area contributed by atoms with Gasteiger partial charge in [0.05, 0.1) is 5.41 Å². The van der Waals surface area contributed by atoms with Crippen LogP contribution in [0.5, 0.6) is 0 Å². The average molecular weight is 776 g/mol. The maximum absolute atomic E-state index is 2.47. The molecule has 0 heterocycles. The molecule has 1 spiro atoms. The molecule has 1 heteroatoms. The number of rotatable bonds is 4. The molecule has 0 saturated heterocycles. The van der Waals surface area contributed by atoms with Gasteiger partial charge in [-0.05, 0) is 142 Å². The number of nitrogens with zero attached hydrogens (tertiary/aromatic N) is 1. The Balaban J connectivity index is 0.988. The van der Waals surface area contributed by atoms with E-state index in [0.29, 0.717) is 0 Å². The molecule has 0 radical (unpaired) electrons. The van der Waals surface area contributed by atoms with Crippen LogP contribution in [0, 0.1) is 0 Å². The Kier molecular flexibility index (Phi) is 7.06. The minimum absolute atomic E-state index is 0.120. The molecule has 0 bridgehead atoms. The predicted octanol–water partition coefficient (Wildman–Crippen LogP) is 15.8. The Bertz CT molecular complexity index is 3410. The Hall–Kier alpha value is -7.48.